The molecule has 2 fully saturated rings. The molecule has 21 heteroatoms. The van der Waals surface area contributed by atoms with Gasteiger partial charge in [0.05, 0.1) is 116 Å². The molecule has 10 atom stereocenters. The summed E-state index contributed by atoms with van der Waals surface area (Å²) in [5, 5.41) is 50.8. The predicted octanol–water partition coefficient (Wildman–Crippen LogP) is -2.57. The minimum Gasteiger partial charge on any atom is -0.394 e. The standard InChI is InChI=1S/C41H75N5O16/c1-27-38(45-29(3)49)32(61-34(23-47)40(27)53)7-5-13-55-19-21-57-17-11-43-36(51)9-15-59-25-31(42)26-60-16-10-37(52)44-12-18-58-22-20-56-14-6-8-33-39(46-30(4)50)28(2)41(54)35(24-48)62-33/h28,31-35,38-41,47-48,53-54H,1,5-26,42H2,2-4H3,(H,43,51)(H,44,52)(H,45,49)(H,46,50)/t28-,31?,32-,33-,34-,35-,38-,39-,40-,41-/m1/s1. The second-order valence-electron chi connectivity index (χ2n) is 15.4. The summed E-state index contributed by atoms with van der Waals surface area (Å²) < 4.78 is 44.9. The smallest absolute Gasteiger partial charge is 0.222 e. The molecule has 0 aromatic heterocycles. The van der Waals surface area contributed by atoms with Crippen molar-refractivity contribution in [2.75, 3.05) is 106 Å². The van der Waals surface area contributed by atoms with Crippen LogP contribution in [-0.4, -0.2) is 204 Å². The largest absolute Gasteiger partial charge is 0.394 e. The topological polar surface area (TPSA) is 297 Å². The Morgan fingerprint density at radius 1 is 0.661 bits per heavy atom. The molecule has 10 N–H and O–H groups in total. The lowest BCUT2D eigenvalue weighted by Crippen LogP contribution is -2.60. The maximum atomic E-state index is 12.1. The summed E-state index contributed by atoms with van der Waals surface area (Å²) in [7, 11) is 0. The van der Waals surface area contributed by atoms with Crippen LogP contribution in [0.3, 0.4) is 0 Å². The van der Waals surface area contributed by atoms with E-state index < -0.39 is 42.6 Å². The van der Waals surface area contributed by atoms with Crippen LogP contribution in [0.4, 0.5) is 0 Å². The molecule has 0 bridgehead atoms. The van der Waals surface area contributed by atoms with E-state index in [-0.39, 0.29) is 94.2 Å². The van der Waals surface area contributed by atoms with Crippen molar-refractivity contribution >= 4 is 23.6 Å². The van der Waals surface area contributed by atoms with Crippen molar-refractivity contribution in [1.82, 2.24) is 21.3 Å². The third-order valence-electron chi connectivity index (χ3n) is 10.2. The van der Waals surface area contributed by atoms with Gasteiger partial charge in [-0.3, -0.25) is 19.2 Å². The van der Waals surface area contributed by atoms with E-state index in [2.05, 4.69) is 27.8 Å². The van der Waals surface area contributed by atoms with Crippen molar-refractivity contribution in [3.8, 4) is 0 Å². The maximum Gasteiger partial charge on any atom is 0.222 e. The van der Waals surface area contributed by atoms with Gasteiger partial charge < -0.3 is 85.3 Å². The van der Waals surface area contributed by atoms with E-state index in [9.17, 15) is 39.6 Å². The summed E-state index contributed by atoms with van der Waals surface area (Å²) >= 11 is 0. The number of aliphatic hydroxyl groups is 4. The van der Waals surface area contributed by atoms with Gasteiger partial charge in [-0.05, 0) is 31.3 Å². The predicted molar refractivity (Wildman–Crippen MR) is 224 cm³/mol. The number of aliphatic hydroxyl groups excluding tert-OH is 4. The summed E-state index contributed by atoms with van der Waals surface area (Å²) in [5.41, 5.74) is 6.41. The zero-order chi connectivity index (χ0) is 45.7. The van der Waals surface area contributed by atoms with Gasteiger partial charge in [-0.15, -0.1) is 0 Å². The molecule has 21 nitrogen and oxygen atoms in total. The van der Waals surface area contributed by atoms with E-state index in [1.807, 2.05) is 6.92 Å². The summed E-state index contributed by atoms with van der Waals surface area (Å²) in [6.45, 7) is 12.2. The van der Waals surface area contributed by atoms with E-state index >= 15 is 0 Å². The van der Waals surface area contributed by atoms with Crippen LogP contribution in [0.15, 0.2) is 12.2 Å². The molecule has 0 saturated carbocycles. The Morgan fingerprint density at radius 3 is 1.61 bits per heavy atom. The van der Waals surface area contributed by atoms with Gasteiger partial charge in [0.2, 0.25) is 23.6 Å². The van der Waals surface area contributed by atoms with Crippen LogP contribution in [-0.2, 0) is 57.1 Å². The zero-order valence-corrected chi connectivity index (χ0v) is 36.8. The van der Waals surface area contributed by atoms with Crippen LogP contribution in [0, 0.1) is 5.92 Å². The van der Waals surface area contributed by atoms with Gasteiger partial charge in [-0.2, -0.15) is 0 Å². The first-order valence-electron chi connectivity index (χ1n) is 21.7. The third-order valence-corrected chi connectivity index (χ3v) is 10.2. The third kappa shape index (κ3) is 22.6. The molecule has 62 heavy (non-hydrogen) atoms. The van der Waals surface area contributed by atoms with E-state index in [0.717, 1.165) is 0 Å². The lowest BCUT2D eigenvalue weighted by molar-refractivity contribution is -0.174. The highest BCUT2D eigenvalue weighted by Crippen LogP contribution is 2.29. The first-order chi connectivity index (χ1) is 29.8. The second kappa shape index (κ2) is 32.7. The molecule has 2 heterocycles. The lowest BCUT2D eigenvalue weighted by atomic mass is 9.84. The monoisotopic (exact) mass is 894 g/mol. The quantitative estimate of drug-likeness (QED) is 0.0237. The number of amides is 4. The van der Waals surface area contributed by atoms with Crippen LogP contribution in [0.5, 0.6) is 0 Å². The molecular formula is C41H75N5O16. The normalized spacial score (nSPS) is 25.5. The fraction of sp³-hybridized carbons (Fsp3) is 0.854. The SMILES string of the molecule is C=C1[C@@H](O)[C@@H](CO)O[C@H](CCCOCCOCCNC(=O)CCOCC(N)COCCC(=O)NCCOCCOCCC[C@H]2O[C@H](CO)[C@H](O)[C@H](C)[C@H]2NC(C)=O)[C@@H]1NC(C)=O. The molecule has 360 valence electrons. The maximum absolute atomic E-state index is 12.1. The van der Waals surface area contributed by atoms with Crippen molar-refractivity contribution in [3.63, 3.8) is 0 Å². The number of rotatable bonds is 34. The molecule has 0 aliphatic carbocycles. The second-order valence-corrected chi connectivity index (χ2v) is 15.4. The van der Waals surface area contributed by atoms with Gasteiger partial charge in [0, 0.05) is 58.9 Å². The Hall–Kier alpha value is -2.90. The van der Waals surface area contributed by atoms with Gasteiger partial charge >= 0.3 is 0 Å². The molecule has 1 unspecified atom stereocenters. The summed E-state index contributed by atoms with van der Waals surface area (Å²) in [6.07, 6.45) is -1.53. The first kappa shape index (κ1) is 55.2. The first-order valence-corrected chi connectivity index (χ1v) is 21.7. The van der Waals surface area contributed by atoms with Crippen molar-refractivity contribution in [1.29, 1.82) is 0 Å². The fourth-order valence-electron chi connectivity index (χ4n) is 6.92. The minimum absolute atomic E-state index is 0.157. The van der Waals surface area contributed by atoms with Crippen LogP contribution in [0.25, 0.3) is 0 Å². The van der Waals surface area contributed by atoms with Crippen molar-refractivity contribution in [2.45, 2.75) is 114 Å². The van der Waals surface area contributed by atoms with E-state index in [0.29, 0.717) is 97.2 Å². The average molecular weight is 894 g/mol. The van der Waals surface area contributed by atoms with Gasteiger partial charge in [0.15, 0.2) is 0 Å². The Morgan fingerprint density at radius 2 is 1.13 bits per heavy atom. The Bertz CT molecular complexity index is 1290. The molecule has 2 aliphatic rings. The Kier molecular flexibility index (Phi) is 29.1. The zero-order valence-electron chi connectivity index (χ0n) is 36.8. The number of hydrogen-bond acceptors (Lipinski definition) is 17. The van der Waals surface area contributed by atoms with Crippen molar-refractivity contribution < 1.29 is 77.5 Å². The molecular weight excluding hydrogens is 818 g/mol. The highest BCUT2D eigenvalue weighted by molar-refractivity contribution is 5.76. The molecule has 2 aliphatic heterocycles. The Labute approximate surface area is 365 Å². The molecule has 0 spiro atoms. The van der Waals surface area contributed by atoms with Gasteiger partial charge in [-0.25, -0.2) is 0 Å². The van der Waals surface area contributed by atoms with Crippen LogP contribution >= 0.6 is 0 Å². The summed E-state index contributed by atoms with van der Waals surface area (Å²) in [5.74, 6) is -1.12. The van der Waals surface area contributed by atoms with Gasteiger partial charge in [0.25, 0.3) is 0 Å². The molecule has 0 radical (unpaired) electrons. The summed E-state index contributed by atoms with van der Waals surface area (Å²) in [6, 6.07) is -1.34. The number of carbonyl (C=O) groups is 4. The number of nitrogens with two attached hydrogens (primary N) is 1. The van der Waals surface area contributed by atoms with Crippen LogP contribution < -0.4 is 27.0 Å². The average Bonchev–Trinajstić information content (AvgIpc) is 3.23. The molecule has 0 aromatic carbocycles. The number of hydrogen-bond donors (Lipinski definition) is 9. The van der Waals surface area contributed by atoms with Gasteiger partial charge in [0.1, 0.15) is 18.3 Å². The highest BCUT2D eigenvalue weighted by atomic mass is 16.5. The molecule has 0 aromatic rings. The number of carbonyl (C=O) groups excluding carboxylic acids is 4. The number of nitrogens with one attached hydrogen (secondary N) is 4. The molecule has 2 saturated heterocycles. The lowest BCUT2D eigenvalue weighted by Gasteiger charge is -2.43. The summed E-state index contributed by atoms with van der Waals surface area (Å²) in [4.78, 5) is 47.4. The number of ether oxygens (including phenoxy) is 8. The Balaban J connectivity index is 1.36. The molecule has 2 rings (SSSR count). The molecule has 4 amide bonds. The highest BCUT2D eigenvalue weighted by Gasteiger charge is 2.43. The van der Waals surface area contributed by atoms with Crippen molar-refractivity contribution in [2.24, 2.45) is 11.7 Å². The van der Waals surface area contributed by atoms with E-state index in [1.54, 1.807) is 0 Å². The van der Waals surface area contributed by atoms with Crippen molar-refractivity contribution in [3.05, 3.63) is 12.2 Å². The minimum atomic E-state index is -1.07. The van der Waals surface area contributed by atoms with E-state index in [4.69, 9.17) is 43.6 Å². The fourth-order valence-corrected chi connectivity index (χ4v) is 6.92. The van der Waals surface area contributed by atoms with E-state index in [1.165, 1.54) is 13.8 Å². The van der Waals surface area contributed by atoms with Gasteiger partial charge in [-0.1, -0.05) is 13.5 Å². The van der Waals surface area contributed by atoms with Crippen LogP contribution in [0.1, 0.15) is 59.3 Å². The van der Waals surface area contributed by atoms with Crippen LogP contribution in [0.2, 0.25) is 0 Å².